The summed E-state index contributed by atoms with van der Waals surface area (Å²) in [5, 5.41) is 8.36. The molecule has 0 unspecified atom stereocenters. The summed E-state index contributed by atoms with van der Waals surface area (Å²) >= 11 is 1.59. The molecule has 8 heteroatoms. The van der Waals surface area contributed by atoms with E-state index in [0.717, 1.165) is 22.2 Å². The van der Waals surface area contributed by atoms with Crippen LogP contribution in [0, 0.1) is 0 Å². The van der Waals surface area contributed by atoms with Crippen molar-refractivity contribution in [3.8, 4) is 0 Å². The number of rotatable bonds is 3. The summed E-state index contributed by atoms with van der Waals surface area (Å²) in [6, 6.07) is 0. The highest BCUT2D eigenvalue weighted by Gasteiger charge is 2.27. The Kier molecular flexibility index (Phi) is 4.16. The Balaban J connectivity index is 1.77. The largest absolute Gasteiger partial charge is 0.378 e. The third kappa shape index (κ3) is 2.91. The molecule has 0 aromatic carbocycles. The molecular formula is C13H19N5O2S. The number of morpholine rings is 1. The fraction of sp³-hybridized carbons (Fsp3) is 0.615. The van der Waals surface area contributed by atoms with Crippen LogP contribution in [0.3, 0.4) is 0 Å². The Hall–Kier alpha value is -1.54. The van der Waals surface area contributed by atoms with Crippen LogP contribution in [0.25, 0.3) is 0 Å². The second kappa shape index (κ2) is 6.07. The van der Waals surface area contributed by atoms with E-state index in [4.69, 9.17) is 4.74 Å². The molecule has 114 valence electrons. The standard InChI is InChI=1S/C13H19N5O2S/c1-3-21-13-15-12-14-9(2)10(8-18(12)16-13)11(19)17-4-6-20-7-5-17/h3-8H2,1-2H3,(H,14,15,16). The van der Waals surface area contributed by atoms with Gasteiger partial charge in [-0.3, -0.25) is 4.79 Å². The van der Waals surface area contributed by atoms with E-state index in [2.05, 4.69) is 22.3 Å². The maximum Gasteiger partial charge on any atom is 0.253 e. The van der Waals surface area contributed by atoms with Gasteiger partial charge in [-0.05, 0) is 12.7 Å². The van der Waals surface area contributed by atoms with Crippen molar-refractivity contribution >= 4 is 23.6 Å². The number of anilines is 1. The minimum Gasteiger partial charge on any atom is -0.378 e. The van der Waals surface area contributed by atoms with Crippen molar-refractivity contribution in [2.75, 3.05) is 37.4 Å². The van der Waals surface area contributed by atoms with Crippen molar-refractivity contribution in [1.82, 2.24) is 19.7 Å². The van der Waals surface area contributed by atoms with Gasteiger partial charge >= 0.3 is 0 Å². The topological polar surface area (TPSA) is 72.3 Å². The van der Waals surface area contributed by atoms with Crippen molar-refractivity contribution in [3.63, 3.8) is 0 Å². The summed E-state index contributed by atoms with van der Waals surface area (Å²) < 4.78 is 7.06. The lowest BCUT2D eigenvalue weighted by Gasteiger charge is -2.29. The van der Waals surface area contributed by atoms with Crippen molar-refractivity contribution in [1.29, 1.82) is 0 Å². The van der Waals surface area contributed by atoms with E-state index in [1.807, 2.05) is 11.8 Å². The number of hydrogen-bond donors (Lipinski definition) is 1. The lowest BCUT2D eigenvalue weighted by Crippen LogP contribution is -2.43. The second-order valence-electron chi connectivity index (χ2n) is 4.94. The van der Waals surface area contributed by atoms with Crippen molar-refractivity contribution < 1.29 is 9.53 Å². The Morgan fingerprint density at radius 2 is 2.19 bits per heavy atom. The van der Waals surface area contributed by atoms with Crippen LogP contribution in [0.1, 0.15) is 13.8 Å². The number of amides is 1. The zero-order valence-corrected chi connectivity index (χ0v) is 13.1. The predicted molar refractivity (Wildman–Crippen MR) is 80.1 cm³/mol. The molecule has 1 saturated heterocycles. The van der Waals surface area contributed by atoms with Crippen LogP contribution in [0.15, 0.2) is 16.4 Å². The van der Waals surface area contributed by atoms with Gasteiger partial charge in [0.15, 0.2) is 0 Å². The Morgan fingerprint density at radius 3 is 2.90 bits per heavy atom. The van der Waals surface area contributed by atoms with Crippen LogP contribution in [0.2, 0.25) is 0 Å². The highest BCUT2D eigenvalue weighted by molar-refractivity contribution is 7.99. The fourth-order valence-corrected chi connectivity index (χ4v) is 2.98. The zero-order chi connectivity index (χ0) is 14.8. The van der Waals surface area contributed by atoms with E-state index in [1.165, 1.54) is 0 Å². The summed E-state index contributed by atoms with van der Waals surface area (Å²) in [6.45, 7) is 6.97. The lowest BCUT2D eigenvalue weighted by atomic mass is 10.1. The number of thioether (sulfide) groups is 1. The molecule has 0 spiro atoms. The van der Waals surface area contributed by atoms with Crippen LogP contribution in [-0.4, -0.2) is 57.6 Å². The minimum absolute atomic E-state index is 0.0640. The first kappa shape index (κ1) is 14.4. The average molecular weight is 309 g/mol. The van der Waals surface area contributed by atoms with Gasteiger partial charge in [0.2, 0.25) is 11.1 Å². The predicted octanol–water partition coefficient (Wildman–Crippen LogP) is 0.948. The zero-order valence-electron chi connectivity index (χ0n) is 12.3. The molecule has 1 aromatic heterocycles. The SMILES string of the molecule is CCSc1nc2n(n1)CC(C(=O)N1CCOCC1)=C(C)N2. The van der Waals surface area contributed by atoms with Crippen LogP contribution in [0.4, 0.5) is 5.95 Å². The van der Waals surface area contributed by atoms with Gasteiger partial charge < -0.3 is 15.0 Å². The van der Waals surface area contributed by atoms with Gasteiger partial charge in [-0.1, -0.05) is 18.7 Å². The van der Waals surface area contributed by atoms with Gasteiger partial charge in [0, 0.05) is 18.8 Å². The van der Waals surface area contributed by atoms with Crippen LogP contribution in [-0.2, 0) is 16.1 Å². The molecular weight excluding hydrogens is 290 g/mol. The average Bonchev–Trinajstić information content (AvgIpc) is 2.88. The van der Waals surface area contributed by atoms with Gasteiger partial charge in [-0.2, -0.15) is 4.98 Å². The number of allylic oxidation sites excluding steroid dienone is 1. The summed E-state index contributed by atoms with van der Waals surface area (Å²) in [5.74, 6) is 1.70. The molecule has 0 bridgehead atoms. The van der Waals surface area contributed by atoms with E-state index in [-0.39, 0.29) is 5.91 Å². The van der Waals surface area contributed by atoms with Crippen LogP contribution < -0.4 is 5.32 Å². The number of nitrogens with one attached hydrogen (secondary N) is 1. The molecule has 7 nitrogen and oxygen atoms in total. The van der Waals surface area contributed by atoms with Gasteiger partial charge in [-0.25, -0.2) is 4.68 Å². The van der Waals surface area contributed by atoms with Crippen molar-refractivity contribution in [2.24, 2.45) is 0 Å². The number of carbonyl (C=O) groups excluding carboxylic acids is 1. The van der Waals surface area contributed by atoms with Gasteiger partial charge in [-0.15, -0.1) is 5.10 Å². The normalized spacial score (nSPS) is 18.5. The maximum atomic E-state index is 12.6. The van der Waals surface area contributed by atoms with Crippen molar-refractivity contribution in [3.05, 3.63) is 11.3 Å². The molecule has 3 heterocycles. The number of ether oxygens (including phenoxy) is 1. The molecule has 1 fully saturated rings. The molecule has 1 N–H and O–H groups in total. The molecule has 21 heavy (non-hydrogen) atoms. The Bertz CT molecular complexity index is 577. The Morgan fingerprint density at radius 1 is 1.43 bits per heavy atom. The molecule has 2 aliphatic rings. The first-order chi connectivity index (χ1) is 10.2. The summed E-state index contributed by atoms with van der Waals surface area (Å²) in [4.78, 5) is 18.9. The van der Waals surface area contributed by atoms with Crippen LogP contribution >= 0.6 is 11.8 Å². The van der Waals surface area contributed by atoms with E-state index in [9.17, 15) is 4.79 Å². The third-order valence-corrected chi connectivity index (χ3v) is 4.26. The number of carbonyl (C=O) groups is 1. The monoisotopic (exact) mass is 309 g/mol. The minimum atomic E-state index is 0.0640. The maximum absolute atomic E-state index is 12.6. The summed E-state index contributed by atoms with van der Waals surface area (Å²) in [6.07, 6.45) is 0. The van der Waals surface area contributed by atoms with Crippen molar-refractivity contribution in [2.45, 2.75) is 25.5 Å². The van der Waals surface area contributed by atoms with E-state index in [0.29, 0.717) is 38.8 Å². The molecule has 0 saturated carbocycles. The number of nitrogens with zero attached hydrogens (tertiary/aromatic N) is 4. The quantitative estimate of drug-likeness (QED) is 0.838. The van der Waals surface area contributed by atoms with E-state index in [1.54, 1.807) is 16.4 Å². The summed E-state index contributed by atoms with van der Waals surface area (Å²) in [7, 11) is 0. The molecule has 1 aromatic rings. The fourth-order valence-electron chi connectivity index (χ4n) is 2.41. The van der Waals surface area contributed by atoms with Gasteiger partial charge in [0.05, 0.1) is 25.3 Å². The number of aromatic nitrogens is 3. The first-order valence-electron chi connectivity index (χ1n) is 7.10. The highest BCUT2D eigenvalue weighted by atomic mass is 32.2. The third-order valence-electron chi connectivity index (χ3n) is 3.54. The molecule has 2 aliphatic heterocycles. The molecule has 3 rings (SSSR count). The van der Waals surface area contributed by atoms with E-state index >= 15 is 0 Å². The van der Waals surface area contributed by atoms with Gasteiger partial charge in [0.25, 0.3) is 5.91 Å². The molecule has 0 aliphatic carbocycles. The first-order valence-corrected chi connectivity index (χ1v) is 8.09. The number of fused-ring (bicyclic) bond motifs is 1. The smallest absolute Gasteiger partial charge is 0.253 e. The van der Waals surface area contributed by atoms with Crippen LogP contribution in [0.5, 0.6) is 0 Å². The highest BCUT2D eigenvalue weighted by Crippen LogP contribution is 2.24. The Labute approximate surface area is 127 Å². The lowest BCUT2D eigenvalue weighted by molar-refractivity contribution is -0.131. The van der Waals surface area contributed by atoms with Gasteiger partial charge in [0.1, 0.15) is 0 Å². The molecule has 1 amide bonds. The molecule has 0 atom stereocenters. The van der Waals surface area contributed by atoms with E-state index < -0.39 is 0 Å². The summed E-state index contributed by atoms with van der Waals surface area (Å²) in [5.41, 5.74) is 1.61. The second-order valence-corrected chi connectivity index (χ2v) is 6.17. The molecule has 0 radical (unpaired) electrons. The number of hydrogen-bond acceptors (Lipinski definition) is 6.